The van der Waals surface area contributed by atoms with E-state index in [4.69, 9.17) is 0 Å². The number of hydrogen-bond donors (Lipinski definition) is 2. The summed E-state index contributed by atoms with van der Waals surface area (Å²) in [5, 5.41) is 20.3. The highest BCUT2D eigenvalue weighted by Crippen LogP contribution is 2.28. The lowest BCUT2D eigenvalue weighted by Gasteiger charge is -2.31. The molecule has 0 spiro atoms. The molecule has 0 aromatic heterocycles. The maximum absolute atomic E-state index is 10.2. The highest BCUT2D eigenvalue weighted by molar-refractivity contribution is 5.03. The van der Waals surface area contributed by atoms with Crippen LogP contribution < -0.4 is 0 Å². The molecule has 2 heteroatoms. The minimum atomic E-state index is -0.593. The van der Waals surface area contributed by atoms with E-state index in [0.717, 1.165) is 38.5 Å². The van der Waals surface area contributed by atoms with Gasteiger partial charge in [-0.2, -0.15) is 0 Å². The summed E-state index contributed by atoms with van der Waals surface area (Å²) >= 11 is 0. The highest BCUT2D eigenvalue weighted by atomic mass is 16.3. The summed E-state index contributed by atoms with van der Waals surface area (Å²) in [6.45, 7) is 0. The minimum absolute atomic E-state index is 0.152. The zero-order valence-electron chi connectivity index (χ0n) is 9.76. The van der Waals surface area contributed by atoms with Gasteiger partial charge < -0.3 is 10.2 Å². The fourth-order valence-corrected chi connectivity index (χ4v) is 2.75. The molecule has 2 rings (SSSR count). The van der Waals surface area contributed by atoms with Crippen molar-refractivity contribution in [3.05, 3.63) is 24.3 Å². The maximum Gasteiger partial charge on any atom is 0.0867 e. The van der Waals surface area contributed by atoms with Gasteiger partial charge in [0.15, 0.2) is 0 Å². The van der Waals surface area contributed by atoms with Crippen molar-refractivity contribution in [2.24, 2.45) is 11.8 Å². The third kappa shape index (κ3) is 2.74. The largest absolute Gasteiger partial charge is 0.390 e. The summed E-state index contributed by atoms with van der Waals surface area (Å²) in [6.07, 6.45) is 13.7. The fraction of sp³-hybridized carbons (Fsp3) is 0.714. The number of allylic oxidation sites excluding steroid dienone is 2. The molecule has 16 heavy (non-hydrogen) atoms. The van der Waals surface area contributed by atoms with Crippen molar-refractivity contribution in [1.82, 2.24) is 0 Å². The van der Waals surface area contributed by atoms with E-state index >= 15 is 0 Å². The summed E-state index contributed by atoms with van der Waals surface area (Å²) < 4.78 is 0. The second kappa shape index (κ2) is 5.65. The first-order valence-electron chi connectivity index (χ1n) is 6.48. The molecule has 0 aromatic rings. The lowest BCUT2D eigenvalue weighted by molar-refractivity contribution is -0.0326. The molecule has 2 unspecified atom stereocenters. The summed E-state index contributed by atoms with van der Waals surface area (Å²) in [4.78, 5) is 0. The van der Waals surface area contributed by atoms with Crippen LogP contribution in [0.25, 0.3) is 0 Å². The first kappa shape index (κ1) is 11.9. The van der Waals surface area contributed by atoms with Crippen molar-refractivity contribution in [3.8, 4) is 0 Å². The lowest BCUT2D eigenvalue weighted by atomic mass is 9.81. The van der Waals surface area contributed by atoms with Gasteiger partial charge in [-0.15, -0.1) is 0 Å². The Kier molecular flexibility index (Phi) is 4.19. The van der Waals surface area contributed by atoms with Crippen LogP contribution in [-0.4, -0.2) is 22.4 Å². The third-order valence-corrected chi connectivity index (χ3v) is 3.81. The molecule has 2 nitrogen and oxygen atoms in total. The Morgan fingerprint density at radius 2 is 1.25 bits per heavy atom. The predicted octanol–water partition coefficient (Wildman–Crippen LogP) is 2.42. The Bertz CT molecular complexity index is 242. The second-order valence-electron chi connectivity index (χ2n) is 5.03. The molecule has 0 radical (unpaired) electrons. The van der Waals surface area contributed by atoms with Gasteiger partial charge in [0.2, 0.25) is 0 Å². The SMILES string of the molecule is O[C@H](C1C=CCCC1)[C@H](O)C1C=CCCC1. The van der Waals surface area contributed by atoms with Crippen LogP contribution in [0.3, 0.4) is 0 Å². The molecule has 0 heterocycles. The molecule has 0 aliphatic heterocycles. The fourth-order valence-electron chi connectivity index (χ4n) is 2.75. The van der Waals surface area contributed by atoms with Crippen molar-refractivity contribution >= 4 is 0 Å². The molecule has 2 aliphatic carbocycles. The molecular weight excluding hydrogens is 200 g/mol. The Balaban J connectivity index is 1.94. The van der Waals surface area contributed by atoms with Crippen molar-refractivity contribution < 1.29 is 10.2 Å². The van der Waals surface area contributed by atoms with Crippen LogP contribution in [0.1, 0.15) is 38.5 Å². The van der Waals surface area contributed by atoms with E-state index in [2.05, 4.69) is 24.3 Å². The van der Waals surface area contributed by atoms with E-state index in [1.807, 2.05) is 0 Å². The van der Waals surface area contributed by atoms with Gasteiger partial charge in [0.1, 0.15) is 0 Å². The van der Waals surface area contributed by atoms with Gasteiger partial charge >= 0.3 is 0 Å². The number of aliphatic hydroxyl groups excluding tert-OH is 2. The predicted molar refractivity (Wildman–Crippen MR) is 65.0 cm³/mol. The number of aliphatic hydroxyl groups is 2. The van der Waals surface area contributed by atoms with Gasteiger partial charge in [0.05, 0.1) is 12.2 Å². The van der Waals surface area contributed by atoms with Crippen molar-refractivity contribution in [1.29, 1.82) is 0 Å². The Morgan fingerprint density at radius 3 is 1.56 bits per heavy atom. The van der Waals surface area contributed by atoms with Gasteiger partial charge in [-0.05, 0) is 38.5 Å². The summed E-state index contributed by atoms with van der Waals surface area (Å²) in [5.41, 5.74) is 0. The Labute approximate surface area is 97.7 Å². The molecule has 0 fully saturated rings. The van der Waals surface area contributed by atoms with E-state index in [1.54, 1.807) is 0 Å². The summed E-state index contributed by atoms with van der Waals surface area (Å²) in [5.74, 6) is 0.304. The zero-order valence-corrected chi connectivity index (χ0v) is 9.76. The van der Waals surface area contributed by atoms with Crippen LogP contribution in [0.5, 0.6) is 0 Å². The monoisotopic (exact) mass is 222 g/mol. The van der Waals surface area contributed by atoms with Crippen LogP contribution in [0, 0.1) is 11.8 Å². The smallest absolute Gasteiger partial charge is 0.0867 e. The van der Waals surface area contributed by atoms with E-state index in [-0.39, 0.29) is 11.8 Å². The zero-order chi connectivity index (χ0) is 11.4. The van der Waals surface area contributed by atoms with E-state index in [1.165, 1.54) is 0 Å². The lowest BCUT2D eigenvalue weighted by Crippen LogP contribution is -2.38. The molecule has 0 bridgehead atoms. The molecule has 0 aromatic carbocycles. The average Bonchev–Trinajstić information content (AvgIpc) is 2.39. The van der Waals surface area contributed by atoms with Crippen molar-refractivity contribution in [3.63, 3.8) is 0 Å². The second-order valence-corrected chi connectivity index (χ2v) is 5.03. The molecule has 90 valence electrons. The molecule has 2 N–H and O–H groups in total. The molecular formula is C14H22O2. The Morgan fingerprint density at radius 1 is 0.812 bits per heavy atom. The molecule has 0 amide bonds. The molecule has 0 saturated carbocycles. The average molecular weight is 222 g/mol. The van der Waals surface area contributed by atoms with E-state index < -0.39 is 12.2 Å². The summed E-state index contributed by atoms with van der Waals surface area (Å²) in [7, 11) is 0. The summed E-state index contributed by atoms with van der Waals surface area (Å²) in [6, 6.07) is 0. The van der Waals surface area contributed by atoms with Crippen LogP contribution in [0.15, 0.2) is 24.3 Å². The number of rotatable bonds is 3. The van der Waals surface area contributed by atoms with Crippen molar-refractivity contribution in [2.75, 3.05) is 0 Å². The Hall–Kier alpha value is -0.600. The van der Waals surface area contributed by atoms with Crippen LogP contribution >= 0.6 is 0 Å². The van der Waals surface area contributed by atoms with Crippen molar-refractivity contribution in [2.45, 2.75) is 50.7 Å². The van der Waals surface area contributed by atoms with Gasteiger partial charge in [-0.1, -0.05) is 24.3 Å². The minimum Gasteiger partial charge on any atom is -0.390 e. The topological polar surface area (TPSA) is 40.5 Å². The van der Waals surface area contributed by atoms with Gasteiger partial charge in [-0.25, -0.2) is 0 Å². The molecule has 0 saturated heterocycles. The first-order valence-corrected chi connectivity index (χ1v) is 6.48. The quantitative estimate of drug-likeness (QED) is 0.720. The van der Waals surface area contributed by atoms with Crippen LogP contribution in [0.2, 0.25) is 0 Å². The van der Waals surface area contributed by atoms with Crippen LogP contribution in [-0.2, 0) is 0 Å². The van der Waals surface area contributed by atoms with Crippen LogP contribution in [0.4, 0.5) is 0 Å². The highest BCUT2D eigenvalue weighted by Gasteiger charge is 2.30. The van der Waals surface area contributed by atoms with Gasteiger partial charge in [0, 0.05) is 11.8 Å². The third-order valence-electron chi connectivity index (χ3n) is 3.81. The maximum atomic E-state index is 10.2. The standard InChI is InChI=1S/C14H22O2/c15-13(11-7-3-1-4-8-11)14(16)12-9-5-2-6-10-12/h3,5,7,9,11-16H,1-2,4,6,8,10H2/t11?,12?,13-,14-/m1/s1. The molecule has 4 atom stereocenters. The van der Waals surface area contributed by atoms with Gasteiger partial charge in [0.25, 0.3) is 0 Å². The normalized spacial score (nSPS) is 33.6. The molecule has 2 aliphatic rings. The van der Waals surface area contributed by atoms with E-state index in [0.29, 0.717) is 0 Å². The first-order chi connectivity index (χ1) is 7.79. The van der Waals surface area contributed by atoms with E-state index in [9.17, 15) is 10.2 Å². The van der Waals surface area contributed by atoms with Gasteiger partial charge in [-0.3, -0.25) is 0 Å². The number of hydrogen-bond acceptors (Lipinski definition) is 2.